The van der Waals surface area contributed by atoms with Crippen molar-refractivity contribution in [3.05, 3.63) is 185 Å². The van der Waals surface area contributed by atoms with Crippen LogP contribution < -0.4 is 20.6 Å². The van der Waals surface area contributed by atoms with Crippen molar-refractivity contribution >= 4 is 68.1 Å². The summed E-state index contributed by atoms with van der Waals surface area (Å²) in [5.41, 5.74) is 26.1. The number of furan rings is 1. The molecule has 4 heteroatoms. The summed E-state index contributed by atoms with van der Waals surface area (Å²) in [4.78, 5) is 5.42. The second kappa shape index (κ2) is 14.7. The Hall–Kier alpha value is -6.78. The van der Waals surface area contributed by atoms with Crippen molar-refractivity contribution in [2.75, 3.05) is 9.71 Å². The molecule has 0 radical (unpaired) electrons. The lowest BCUT2D eigenvalue weighted by Crippen LogP contribution is -2.62. The Morgan fingerprint density at radius 3 is 1.83 bits per heavy atom. The minimum atomic E-state index is -0.320. The standard InChI is InChI=1S/C67H65BN2O/c1-63(2,3)41-26-29-43(30-27-41)70-56-39-53-52(65(7,8)34-35-66(53,9)10)38-48(56)50-37-49-44-22-16-18-24-51(44)67(11,12)58(49)61-59(50)68(70)60-55(33-31-46-45-23-17-19-25-57(45)71-62(46)60)69(61)54-32-28-42(64(4,5)6)36-47(54)40-20-14-13-15-21-40/h13-33,36-39H,34-35H2,1-12H3. The molecular formula is C67H65BN2O. The number of anilines is 5. The molecule has 0 saturated heterocycles. The molecule has 3 nitrogen and oxygen atoms in total. The van der Waals surface area contributed by atoms with Gasteiger partial charge in [0.1, 0.15) is 11.2 Å². The number of benzene rings is 8. The normalized spacial score (nSPS) is 16.9. The third kappa shape index (κ3) is 6.28. The van der Waals surface area contributed by atoms with Crippen LogP contribution in [0.1, 0.15) is 129 Å². The molecule has 1 aromatic heterocycles. The number of fused-ring (bicyclic) bond motifs is 13. The Bertz CT molecular complexity index is 3710. The van der Waals surface area contributed by atoms with Crippen LogP contribution in [-0.2, 0) is 27.1 Å². The predicted octanol–water partition coefficient (Wildman–Crippen LogP) is 17.2. The van der Waals surface area contributed by atoms with E-state index in [4.69, 9.17) is 4.42 Å². The number of para-hydroxylation sites is 1. The molecule has 0 unspecified atom stereocenters. The fourth-order valence-corrected chi connectivity index (χ4v) is 13.3. The first-order chi connectivity index (χ1) is 33.7. The first-order valence-electron chi connectivity index (χ1n) is 26.1. The lowest BCUT2D eigenvalue weighted by molar-refractivity contribution is 0.332. The lowest BCUT2D eigenvalue weighted by atomic mass is 9.42. The quantitative estimate of drug-likeness (QED) is 0.165. The van der Waals surface area contributed by atoms with Crippen LogP contribution in [0.3, 0.4) is 0 Å². The van der Waals surface area contributed by atoms with Gasteiger partial charge in [-0.15, -0.1) is 0 Å². The van der Waals surface area contributed by atoms with Crippen LogP contribution in [0.15, 0.2) is 156 Å². The van der Waals surface area contributed by atoms with Crippen LogP contribution in [0.25, 0.3) is 55.3 Å². The van der Waals surface area contributed by atoms with E-state index in [0.29, 0.717) is 0 Å². The van der Waals surface area contributed by atoms with Crippen LogP contribution in [-0.4, -0.2) is 6.85 Å². The van der Waals surface area contributed by atoms with E-state index in [0.717, 1.165) is 40.5 Å². The maximum atomic E-state index is 7.34. The molecule has 2 aliphatic carbocycles. The number of nitrogens with zero attached hydrogens (tertiary/aromatic N) is 2. The molecule has 13 rings (SSSR count). The molecule has 0 saturated carbocycles. The molecule has 71 heavy (non-hydrogen) atoms. The van der Waals surface area contributed by atoms with Gasteiger partial charge in [0, 0.05) is 55.5 Å². The van der Waals surface area contributed by atoms with Crippen LogP contribution in [0.2, 0.25) is 0 Å². The van der Waals surface area contributed by atoms with Gasteiger partial charge in [0.05, 0.1) is 5.69 Å². The SMILES string of the molecule is CC(C)(C)c1ccc(N2B3c4c(cc5c(c4N(c4ccc(C(C)(C)C)cc4-c4ccccc4)c4ccc6c(oc7ccccc76)c43)C(C)(C)c3ccccc3-5)-c3cc4c(cc32)C(C)(C)CCC4(C)C)cc1. The summed E-state index contributed by atoms with van der Waals surface area (Å²) >= 11 is 0. The van der Waals surface area contributed by atoms with Gasteiger partial charge in [-0.2, -0.15) is 0 Å². The van der Waals surface area contributed by atoms with Crippen LogP contribution >= 0.6 is 0 Å². The molecule has 3 heterocycles. The predicted molar refractivity (Wildman–Crippen MR) is 303 cm³/mol. The average molecular weight is 925 g/mol. The van der Waals surface area contributed by atoms with Gasteiger partial charge >= 0.3 is 6.85 Å². The summed E-state index contributed by atoms with van der Waals surface area (Å²) in [6, 6.07) is 58.4. The zero-order valence-electron chi connectivity index (χ0n) is 43.7. The van der Waals surface area contributed by atoms with Crippen molar-refractivity contribution < 1.29 is 4.42 Å². The summed E-state index contributed by atoms with van der Waals surface area (Å²) in [5, 5.41) is 2.29. The Balaban J connectivity index is 1.25. The summed E-state index contributed by atoms with van der Waals surface area (Å²) in [6.45, 7) is 28.5. The topological polar surface area (TPSA) is 19.6 Å². The first-order valence-corrected chi connectivity index (χ1v) is 26.1. The second-order valence-electron chi connectivity index (χ2n) is 25.2. The molecule has 0 spiro atoms. The zero-order chi connectivity index (χ0) is 49.3. The lowest BCUT2D eigenvalue weighted by Gasteiger charge is -2.49. The van der Waals surface area contributed by atoms with Crippen molar-refractivity contribution in [2.45, 2.75) is 123 Å². The Kier molecular flexibility index (Phi) is 9.12. The van der Waals surface area contributed by atoms with Crippen molar-refractivity contribution in [3.63, 3.8) is 0 Å². The zero-order valence-corrected chi connectivity index (χ0v) is 43.7. The van der Waals surface area contributed by atoms with Gasteiger partial charge in [0.25, 0.3) is 0 Å². The van der Waals surface area contributed by atoms with Gasteiger partial charge in [0.15, 0.2) is 0 Å². The number of rotatable bonds is 3. The van der Waals surface area contributed by atoms with E-state index >= 15 is 0 Å². The van der Waals surface area contributed by atoms with Gasteiger partial charge in [-0.3, -0.25) is 0 Å². The fraction of sp³-hybridized carbons (Fsp3) is 0.284. The van der Waals surface area contributed by atoms with Crippen LogP contribution in [0, 0.1) is 0 Å². The van der Waals surface area contributed by atoms with E-state index < -0.39 is 0 Å². The molecule has 0 N–H and O–H groups in total. The van der Waals surface area contributed by atoms with E-state index in [-0.39, 0.29) is 33.9 Å². The highest BCUT2D eigenvalue weighted by atomic mass is 16.3. The number of hydrogen-bond acceptors (Lipinski definition) is 3. The van der Waals surface area contributed by atoms with Crippen molar-refractivity contribution in [1.29, 1.82) is 0 Å². The highest BCUT2D eigenvalue weighted by molar-refractivity contribution is 6.95. The monoisotopic (exact) mass is 925 g/mol. The highest BCUT2D eigenvalue weighted by Crippen LogP contribution is 2.60. The molecule has 0 atom stereocenters. The van der Waals surface area contributed by atoms with Gasteiger partial charge in [-0.25, -0.2) is 0 Å². The third-order valence-electron chi connectivity index (χ3n) is 17.4. The van der Waals surface area contributed by atoms with Crippen LogP contribution in [0.5, 0.6) is 0 Å². The van der Waals surface area contributed by atoms with Gasteiger partial charge in [-0.1, -0.05) is 174 Å². The molecule has 8 aromatic carbocycles. The summed E-state index contributed by atoms with van der Waals surface area (Å²) < 4.78 is 7.34. The molecule has 0 fully saturated rings. The molecule has 352 valence electrons. The summed E-state index contributed by atoms with van der Waals surface area (Å²) in [5.74, 6) is 0. The molecule has 9 aromatic rings. The minimum absolute atomic E-state index is 0.00526. The Labute approximate surface area is 421 Å². The average Bonchev–Trinajstić information content (AvgIpc) is 3.84. The molecule has 4 aliphatic rings. The van der Waals surface area contributed by atoms with Crippen molar-refractivity contribution in [3.8, 4) is 33.4 Å². The third-order valence-corrected chi connectivity index (χ3v) is 17.4. The highest BCUT2D eigenvalue weighted by Gasteiger charge is 2.52. The van der Waals surface area contributed by atoms with Crippen molar-refractivity contribution in [1.82, 2.24) is 0 Å². The fourth-order valence-electron chi connectivity index (χ4n) is 13.3. The maximum absolute atomic E-state index is 7.34. The maximum Gasteiger partial charge on any atom is 0.336 e. The molecule has 2 aliphatic heterocycles. The largest absolute Gasteiger partial charge is 0.456 e. The van der Waals surface area contributed by atoms with Crippen molar-refractivity contribution in [2.24, 2.45) is 0 Å². The van der Waals surface area contributed by atoms with Gasteiger partial charge in [0.2, 0.25) is 0 Å². The van der Waals surface area contributed by atoms with Crippen LogP contribution in [0.4, 0.5) is 28.4 Å². The smallest absolute Gasteiger partial charge is 0.336 e. The molecular weight excluding hydrogens is 860 g/mol. The molecule has 0 amide bonds. The first kappa shape index (κ1) is 44.2. The van der Waals surface area contributed by atoms with E-state index in [1.165, 1.54) is 100 Å². The Morgan fingerprint density at radius 1 is 0.479 bits per heavy atom. The molecule has 0 bridgehead atoms. The minimum Gasteiger partial charge on any atom is -0.456 e. The summed E-state index contributed by atoms with van der Waals surface area (Å²) in [6.07, 6.45) is 2.29. The van der Waals surface area contributed by atoms with E-state index in [2.05, 4.69) is 244 Å². The number of hydrogen-bond donors (Lipinski definition) is 0. The van der Waals surface area contributed by atoms with E-state index in [9.17, 15) is 0 Å². The Morgan fingerprint density at radius 2 is 1.11 bits per heavy atom. The van der Waals surface area contributed by atoms with Gasteiger partial charge < -0.3 is 14.1 Å². The second-order valence-corrected chi connectivity index (χ2v) is 25.2. The van der Waals surface area contributed by atoms with Gasteiger partial charge in [-0.05, 0) is 156 Å². The van der Waals surface area contributed by atoms with E-state index in [1.54, 1.807) is 0 Å². The summed E-state index contributed by atoms with van der Waals surface area (Å²) in [7, 11) is 0. The van der Waals surface area contributed by atoms with E-state index in [1.807, 2.05) is 0 Å².